The Morgan fingerprint density at radius 2 is 2.18 bits per heavy atom. The summed E-state index contributed by atoms with van der Waals surface area (Å²) in [5.41, 5.74) is 2.05. The zero-order valence-corrected chi connectivity index (χ0v) is 9.07. The van der Waals surface area contributed by atoms with Gasteiger partial charge in [0.1, 0.15) is 6.10 Å². The van der Waals surface area contributed by atoms with Crippen LogP contribution in [-0.4, -0.2) is 30.1 Å². The van der Waals surface area contributed by atoms with Crippen LogP contribution in [0.5, 0.6) is 0 Å². The summed E-state index contributed by atoms with van der Waals surface area (Å²) in [5.74, 6) is -0.570. The van der Waals surface area contributed by atoms with Crippen molar-refractivity contribution in [1.29, 1.82) is 0 Å². The van der Waals surface area contributed by atoms with Gasteiger partial charge in [-0.2, -0.15) is 0 Å². The number of halogens is 2. The zero-order valence-electron chi connectivity index (χ0n) is 9.07. The molecule has 17 heavy (non-hydrogen) atoms. The normalized spacial score (nSPS) is 19.4. The van der Waals surface area contributed by atoms with Gasteiger partial charge in [0.2, 0.25) is 5.91 Å². The molecule has 5 heteroatoms. The van der Waals surface area contributed by atoms with Crippen LogP contribution in [0.2, 0.25) is 0 Å². The van der Waals surface area contributed by atoms with E-state index in [1.165, 1.54) is 0 Å². The lowest BCUT2D eigenvalue weighted by atomic mass is 9.77. The molecule has 2 unspecified atom stereocenters. The summed E-state index contributed by atoms with van der Waals surface area (Å²) in [7, 11) is 0. The Labute approximate surface area is 97.5 Å². The van der Waals surface area contributed by atoms with Gasteiger partial charge in [0, 0.05) is 6.54 Å². The molecule has 0 bridgehead atoms. The molecule has 0 aromatic heterocycles. The van der Waals surface area contributed by atoms with Crippen molar-refractivity contribution in [3.05, 3.63) is 35.4 Å². The summed E-state index contributed by atoms with van der Waals surface area (Å²) in [6.45, 7) is -0.408. The molecular weight excluding hydrogens is 228 g/mol. The average molecular weight is 241 g/mol. The molecule has 3 nitrogen and oxygen atoms in total. The van der Waals surface area contributed by atoms with Crippen molar-refractivity contribution in [2.75, 3.05) is 6.54 Å². The van der Waals surface area contributed by atoms with E-state index in [1.54, 1.807) is 0 Å². The Morgan fingerprint density at radius 1 is 1.47 bits per heavy atom. The van der Waals surface area contributed by atoms with Crippen molar-refractivity contribution < 1.29 is 18.7 Å². The number of rotatable bonds is 4. The largest absolute Gasteiger partial charge is 0.385 e. The number of hydrogen-bond acceptors (Lipinski definition) is 2. The highest BCUT2D eigenvalue weighted by Gasteiger charge is 2.32. The van der Waals surface area contributed by atoms with Crippen molar-refractivity contribution in [1.82, 2.24) is 5.32 Å². The number of benzene rings is 1. The molecule has 0 fully saturated rings. The molecule has 0 heterocycles. The second-order valence-corrected chi connectivity index (χ2v) is 4.10. The third-order valence-corrected chi connectivity index (χ3v) is 2.95. The SMILES string of the molecule is O=C(NCC(O)C(F)F)C1Cc2ccccc21. The maximum atomic E-state index is 12.0. The maximum Gasteiger partial charge on any atom is 0.265 e. The van der Waals surface area contributed by atoms with E-state index in [2.05, 4.69) is 5.32 Å². The predicted octanol–water partition coefficient (Wildman–Crippen LogP) is 1.07. The van der Waals surface area contributed by atoms with Gasteiger partial charge < -0.3 is 10.4 Å². The Hall–Kier alpha value is -1.49. The summed E-state index contributed by atoms with van der Waals surface area (Å²) in [4.78, 5) is 11.6. The molecule has 2 N–H and O–H groups in total. The van der Waals surface area contributed by atoms with Gasteiger partial charge in [-0.1, -0.05) is 24.3 Å². The molecule has 2 rings (SSSR count). The van der Waals surface area contributed by atoms with Gasteiger partial charge >= 0.3 is 0 Å². The molecular formula is C12H13F2NO2. The van der Waals surface area contributed by atoms with Gasteiger partial charge in [-0.15, -0.1) is 0 Å². The lowest BCUT2D eigenvalue weighted by Crippen LogP contribution is -2.41. The molecule has 92 valence electrons. The summed E-state index contributed by atoms with van der Waals surface area (Å²) in [6.07, 6.45) is -3.99. The van der Waals surface area contributed by atoms with Gasteiger partial charge in [-0.05, 0) is 17.5 Å². The Morgan fingerprint density at radius 3 is 2.82 bits per heavy atom. The fourth-order valence-corrected chi connectivity index (χ4v) is 1.91. The molecule has 0 saturated carbocycles. The van der Waals surface area contributed by atoms with E-state index >= 15 is 0 Å². The highest BCUT2D eigenvalue weighted by molar-refractivity contribution is 5.86. The highest BCUT2D eigenvalue weighted by Crippen LogP contribution is 2.34. The van der Waals surface area contributed by atoms with Gasteiger partial charge in [0.15, 0.2) is 0 Å². The van der Waals surface area contributed by atoms with Gasteiger partial charge in [0.05, 0.1) is 5.92 Å². The summed E-state index contributed by atoms with van der Waals surface area (Å²) >= 11 is 0. The Kier molecular flexibility index (Phi) is 3.38. The Balaban J connectivity index is 1.88. The quantitative estimate of drug-likeness (QED) is 0.828. The van der Waals surface area contributed by atoms with E-state index in [0.717, 1.165) is 11.1 Å². The molecule has 1 aliphatic rings. The number of alkyl halides is 2. The standard InChI is InChI=1S/C12H13F2NO2/c13-11(14)10(16)6-15-12(17)9-5-7-3-1-2-4-8(7)9/h1-4,9-11,16H,5-6H2,(H,15,17). The number of carbonyl (C=O) groups is 1. The number of carbonyl (C=O) groups excluding carboxylic acids is 1. The summed E-state index contributed by atoms with van der Waals surface area (Å²) < 4.78 is 24.0. The number of hydrogen-bond donors (Lipinski definition) is 2. The lowest BCUT2D eigenvalue weighted by molar-refractivity contribution is -0.124. The monoisotopic (exact) mass is 241 g/mol. The number of amides is 1. The first-order chi connectivity index (χ1) is 8.09. The van der Waals surface area contributed by atoms with E-state index in [9.17, 15) is 13.6 Å². The summed E-state index contributed by atoms with van der Waals surface area (Å²) in [6, 6.07) is 7.53. The van der Waals surface area contributed by atoms with E-state index in [-0.39, 0.29) is 11.8 Å². The molecule has 0 saturated heterocycles. The van der Waals surface area contributed by atoms with E-state index in [4.69, 9.17) is 5.11 Å². The smallest absolute Gasteiger partial charge is 0.265 e. The number of fused-ring (bicyclic) bond motifs is 1. The van der Waals surface area contributed by atoms with Crippen LogP contribution in [0.15, 0.2) is 24.3 Å². The second kappa shape index (κ2) is 4.79. The molecule has 0 radical (unpaired) electrons. The second-order valence-electron chi connectivity index (χ2n) is 4.10. The number of nitrogens with one attached hydrogen (secondary N) is 1. The Bertz CT molecular complexity index is 423. The minimum Gasteiger partial charge on any atom is -0.385 e. The molecule has 1 aliphatic carbocycles. The molecule has 1 amide bonds. The van der Waals surface area contributed by atoms with Gasteiger partial charge in [-0.25, -0.2) is 8.78 Å². The third-order valence-electron chi connectivity index (χ3n) is 2.95. The highest BCUT2D eigenvalue weighted by atomic mass is 19.3. The van der Waals surface area contributed by atoms with Crippen molar-refractivity contribution in [2.45, 2.75) is 24.9 Å². The summed E-state index contributed by atoms with van der Waals surface area (Å²) in [5, 5.41) is 11.2. The molecule has 0 spiro atoms. The van der Waals surface area contributed by atoms with Crippen LogP contribution < -0.4 is 5.32 Å². The fourth-order valence-electron chi connectivity index (χ4n) is 1.91. The topological polar surface area (TPSA) is 49.3 Å². The van der Waals surface area contributed by atoms with Crippen molar-refractivity contribution in [3.8, 4) is 0 Å². The zero-order chi connectivity index (χ0) is 12.4. The van der Waals surface area contributed by atoms with Crippen molar-refractivity contribution >= 4 is 5.91 Å². The van der Waals surface area contributed by atoms with Crippen LogP contribution in [0, 0.1) is 0 Å². The maximum absolute atomic E-state index is 12.0. The van der Waals surface area contributed by atoms with E-state index < -0.39 is 19.1 Å². The van der Waals surface area contributed by atoms with Crippen LogP contribution in [0.25, 0.3) is 0 Å². The fraction of sp³-hybridized carbons (Fsp3) is 0.417. The number of aliphatic hydroxyl groups is 1. The number of aliphatic hydroxyl groups excluding tert-OH is 1. The van der Waals surface area contributed by atoms with Crippen LogP contribution in [0.1, 0.15) is 17.0 Å². The average Bonchev–Trinajstić information content (AvgIpc) is 2.27. The predicted molar refractivity (Wildman–Crippen MR) is 57.9 cm³/mol. The molecule has 1 aromatic rings. The van der Waals surface area contributed by atoms with Gasteiger partial charge in [0.25, 0.3) is 6.43 Å². The molecule has 0 aliphatic heterocycles. The van der Waals surface area contributed by atoms with Crippen molar-refractivity contribution in [2.24, 2.45) is 0 Å². The molecule has 2 atom stereocenters. The molecule has 1 aromatic carbocycles. The van der Waals surface area contributed by atoms with Crippen LogP contribution in [0.4, 0.5) is 8.78 Å². The van der Waals surface area contributed by atoms with Crippen LogP contribution in [0.3, 0.4) is 0 Å². The first-order valence-electron chi connectivity index (χ1n) is 5.41. The minimum atomic E-state index is -2.83. The first kappa shape index (κ1) is 12.0. The van der Waals surface area contributed by atoms with Crippen LogP contribution >= 0.6 is 0 Å². The minimum absolute atomic E-state index is 0.268. The van der Waals surface area contributed by atoms with Gasteiger partial charge in [-0.3, -0.25) is 4.79 Å². The van der Waals surface area contributed by atoms with E-state index in [0.29, 0.717) is 6.42 Å². The van der Waals surface area contributed by atoms with Crippen molar-refractivity contribution in [3.63, 3.8) is 0 Å². The lowest BCUT2D eigenvalue weighted by Gasteiger charge is -2.29. The van der Waals surface area contributed by atoms with E-state index in [1.807, 2.05) is 24.3 Å². The first-order valence-corrected chi connectivity index (χ1v) is 5.41. The third kappa shape index (κ3) is 2.44. The van der Waals surface area contributed by atoms with Crippen LogP contribution in [-0.2, 0) is 11.2 Å².